The third kappa shape index (κ3) is 7.87. The predicted molar refractivity (Wildman–Crippen MR) is 136 cm³/mol. The number of nitrogens with one attached hydrogen (secondary N) is 1. The van der Waals surface area contributed by atoms with Gasteiger partial charge in [-0.05, 0) is 49.6 Å². The Morgan fingerprint density at radius 2 is 1.82 bits per heavy atom. The van der Waals surface area contributed by atoms with Crippen molar-refractivity contribution in [2.45, 2.75) is 50.8 Å². The van der Waals surface area contributed by atoms with E-state index in [1.165, 1.54) is 16.7 Å². The summed E-state index contributed by atoms with van der Waals surface area (Å²) < 4.78 is 51.0. The largest absolute Gasteiger partial charge is 0.479 e. The number of halogens is 3. The molecule has 2 aromatic carbocycles. The van der Waals surface area contributed by atoms with E-state index in [1.807, 2.05) is 0 Å². The highest BCUT2D eigenvalue weighted by Gasteiger charge is 2.35. The molecule has 8 nitrogen and oxygen atoms in total. The summed E-state index contributed by atoms with van der Waals surface area (Å²) in [6.07, 6.45) is -1.10. The lowest BCUT2D eigenvalue weighted by Crippen LogP contribution is -2.46. The van der Waals surface area contributed by atoms with Crippen molar-refractivity contribution in [2.75, 3.05) is 18.9 Å². The van der Waals surface area contributed by atoms with E-state index < -0.39 is 40.9 Å². The molecule has 0 aromatic heterocycles. The van der Waals surface area contributed by atoms with E-state index in [1.54, 1.807) is 38.1 Å². The number of nitrogens with zero attached hydrogens (tertiary/aromatic N) is 1. The van der Waals surface area contributed by atoms with Gasteiger partial charge in [-0.25, -0.2) is 18.0 Å². The van der Waals surface area contributed by atoms with E-state index in [-0.39, 0.29) is 43.4 Å². The van der Waals surface area contributed by atoms with Crippen LogP contribution in [0.25, 0.3) is 0 Å². The number of hydrogen-bond donors (Lipinski definition) is 2. The molecule has 0 aliphatic carbocycles. The van der Waals surface area contributed by atoms with E-state index in [2.05, 4.69) is 5.32 Å². The molecule has 0 bridgehead atoms. The van der Waals surface area contributed by atoms with Crippen LogP contribution in [0.15, 0.2) is 36.4 Å². The molecule has 1 fully saturated rings. The van der Waals surface area contributed by atoms with Crippen molar-refractivity contribution in [1.29, 1.82) is 0 Å². The highest BCUT2D eigenvalue weighted by atomic mass is 32.2. The monoisotopic (exact) mass is 553 g/mol. The van der Waals surface area contributed by atoms with Crippen molar-refractivity contribution in [2.24, 2.45) is 5.73 Å². The zero-order valence-corrected chi connectivity index (χ0v) is 21.9. The van der Waals surface area contributed by atoms with Crippen LogP contribution in [0.4, 0.5) is 13.2 Å². The highest BCUT2D eigenvalue weighted by Crippen LogP contribution is 2.25. The Bertz CT molecular complexity index is 1150. The van der Waals surface area contributed by atoms with Gasteiger partial charge in [0.15, 0.2) is 23.1 Å². The van der Waals surface area contributed by atoms with Crippen molar-refractivity contribution in [3.8, 4) is 5.75 Å². The first kappa shape index (κ1) is 29.3. The van der Waals surface area contributed by atoms with Gasteiger partial charge in [0.2, 0.25) is 5.91 Å². The van der Waals surface area contributed by atoms with Gasteiger partial charge >= 0.3 is 5.97 Å². The molecule has 3 rings (SSSR count). The van der Waals surface area contributed by atoms with Crippen LogP contribution >= 0.6 is 11.8 Å². The van der Waals surface area contributed by atoms with Gasteiger partial charge in [-0.1, -0.05) is 12.1 Å². The number of amides is 2. The normalized spacial score (nSPS) is 16.6. The standard InChI is InChI=1S/C26H30F3N3O5S/c1-3-36-26(35)15(2)37-19-6-4-16(5-7-19)14-31-24(34)25-32(8-9-38-25)23(33)12-18(30)10-17-11-21(28)22(29)13-20(17)27/h4-7,11,13,15,18,25H,3,8-10,12,14,30H2,1-2H3,(H,31,34)/t15?,18-,25?/m1/s1. The molecule has 0 spiro atoms. The van der Waals surface area contributed by atoms with Crippen molar-refractivity contribution >= 4 is 29.5 Å². The molecule has 206 valence electrons. The summed E-state index contributed by atoms with van der Waals surface area (Å²) in [5.74, 6) is -3.60. The number of thioether (sulfide) groups is 1. The minimum Gasteiger partial charge on any atom is -0.479 e. The molecule has 2 amide bonds. The van der Waals surface area contributed by atoms with Crippen LogP contribution in [0.1, 0.15) is 31.4 Å². The van der Waals surface area contributed by atoms with Gasteiger partial charge in [0.25, 0.3) is 5.91 Å². The zero-order valence-electron chi connectivity index (χ0n) is 21.0. The fraction of sp³-hybridized carbons (Fsp3) is 0.423. The number of ether oxygens (including phenoxy) is 2. The zero-order chi connectivity index (χ0) is 27.8. The van der Waals surface area contributed by atoms with Crippen molar-refractivity contribution in [3.63, 3.8) is 0 Å². The van der Waals surface area contributed by atoms with Crippen LogP contribution in [0, 0.1) is 17.5 Å². The topological polar surface area (TPSA) is 111 Å². The number of benzene rings is 2. The number of carbonyl (C=O) groups excluding carboxylic acids is 3. The smallest absolute Gasteiger partial charge is 0.347 e. The maximum absolute atomic E-state index is 13.9. The number of hydrogen-bond acceptors (Lipinski definition) is 7. The van der Waals surface area contributed by atoms with E-state index in [4.69, 9.17) is 15.2 Å². The Kier molecular flexibility index (Phi) is 10.4. The summed E-state index contributed by atoms with van der Waals surface area (Å²) in [6.45, 7) is 4.12. The summed E-state index contributed by atoms with van der Waals surface area (Å²) in [5, 5.41) is 2.06. The predicted octanol–water partition coefficient (Wildman–Crippen LogP) is 2.91. The SMILES string of the molecule is CCOC(=O)C(C)Oc1ccc(CNC(=O)C2SCCN2C(=O)C[C@H](N)Cc2cc(F)c(F)cc2F)cc1. The van der Waals surface area contributed by atoms with Gasteiger partial charge in [0.05, 0.1) is 6.61 Å². The molecule has 12 heteroatoms. The Labute approximate surface area is 223 Å². The summed E-state index contributed by atoms with van der Waals surface area (Å²) in [6, 6.07) is 7.17. The van der Waals surface area contributed by atoms with Gasteiger partial charge in [-0.15, -0.1) is 11.8 Å². The average Bonchev–Trinajstić information content (AvgIpc) is 3.37. The van der Waals surface area contributed by atoms with Crippen molar-refractivity contribution in [1.82, 2.24) is 10.2 Å². The molecule has 1 aliphatic heterocycles. The lowest BCUT2D eigenvalue weighted by Gasteiger charge is -2.24. The molecule has 3 N–H and O–H groups in total. The average molecular weight is 554 g/mol. The van der Waals surface area contributed by atoms with E-state index in [0.29, 0.717) is 24.1 Å². The first-order chi connectivity index (χ1) is 18.1. The van der Waals surface area contributed by atoms with Crippen LogP contribution in [0.2, 0.25) is 0 Å². The summed E-state index contributed by atoms with van der Waals surface area (Å²) in [4.78, 5) is 38.8. The molecular formula is C26H30F3N3O5S. The Morgan fingerprint density at radius 1 is 1.13 bits per heavy atom. The maximum atomic E-state index is 13.9. The summed E-state index contributed by atoms with van der Waals surface area (Å²) in [7, 11) is 0. The number of rotatable bonds is 11. The Morgan fingerprint density at radius 3 is 2.50 bits per heavy atom. The maximum Gasteiger partial charge on any atom is 0.347 e. The van der Waals surface area contributed by atoms with E-state index in [0.717, 1.165) is 11.6 Å². The molecule has 1 heterocycles. The number of esters is 1. The molecule has 3 atom stereocenters. The molecular weight excluding hydrogens is 523 g/mol. The molecule has 1 saturated heterocycles. The third-order valence-electron chi connectivity index (χ3n) is 5.77. The second kappa shape index (κ2) is 13.5. The summed E-state index contributed by atoms with van der Waals surface area (Å²) in [5.41, 5.74) is 6.65. The fourth-order valence-corrected chi connectivity index (χ4v) is 5.00. The first-order valence-corrected chi connectivity index (χ1v) is 13.1. The third-order valence-corrected chi connectivity index (χ3v) is 6.97. The van der Waals surface area contributed by atoms with Crippen LogP contribution in [-0.4, -0.2) is 59.1 Å². The fourth-order valence-electron chi connectivity index (χ4n) is 3.83. The molecule has 2 unspecified atom stereocenters. The molecule has 0 saturated carbocycles. The molecule has 1 aliphatic rings. The minimum atomic E-state index is -1.30. The van der Waals surface area contributed by atoms with E-state index >= 15 is 0 Å². The summed E-state index contributed by atoms with van der Waals surface area (Å²) >= 11 is 1.31. The van der Waals surface area contributed by atoms with E-state index in [9.17, 15) is 27.6 Å². The van der Waals surface area contributed by atoms with Gasteiger partial charge in [-0.2, -0.15) is 0 Å². The molecule has 38 heavy (non-hydrogen) atoms. The van der Waals surface area contributed by atoms with Crippen molar-refractivity contribution in [3.05, 3.63) is 65.0 Å². The van der Waals surface area contributed by atoms with Crippen LogP contribution in [-0.2, 0) is 32.1 Å². The lowest BCUT2D eigenvalue weighted by molar-refractivity contribution is -0.150. The second-order valence-electron chi connectivity index (χ2n) is 8.71. The van der Waals surface area contributed by atoms with Crippen LogP contribution in [0.3, 0.4) is 0 Å². The molecule has 2 aromatic rings. The highest BCUT2D eigenvalue weighted by molar-refractivity contribution is 8.00. The van der Waals surface area contributed by atoms with Gasteiger partial charge in [0.1, 0.15) is 11.6 Å². The van der Waals surface area contributed by atoms with Gasteiger partial charge in [0, 0.05) is 37.4 Å². The van der Waals surface area contributed by atoms with Gasteiger partial charge < -0.3 is 25.4 Å². The Hall–Kier alpha value is -3.25. The first-order valence-electron chi connectivity index (χ1n) is 12.1. The van der Waals surface area contributed by atoms with Crippen LogP contribution in [0.5, 0.6) is 5.75 Å². The minimum absolute atomic E-state index is 0.124. The quantitative estimate of drug-likeness (QED) is 0.325. The lowest BCUT2D eigenvalue weighted by atomic mass is 10.0. The second-order valence-corrected chi connectivity index (χ2v) is 9.90. The number of nitrogens with two attached hydrogens (primary N) is 1. The number of carbonyl (C=O) groups is 3. The van der Waals surface area contributed by atoms with Crippen molar-refractivity contribution < 1.29 is 37.0 Å². The molecule has 0 radical (unpaired) electrons. The van der Waals surface area contributed by atoms with Crippen LogP contribution < -0.4 is 15.8 Å². The van der Waals surface area contributed by atoms with Gasteiger partial charge in [-0.3, -0.25) is 9.59 Å². The Balaban J connectivity index is 1.50.